The SMILES string of the molecule is CN1CCCC(N2CCC(Cn3cnc(-c4cccnc4)cc3=O)CC2)C1=O. The zero-order chi connectivity index (χ0) is 19.5. The molecule has 0 saturated carbocycles. The second kappa shape index (κ2) is 8.22. The Balaban J connectivity index is 1.36. The van der Waals surface area contributed by atoms with E-state index in [4.69, 9.17) is 0 Å². The van der Waals surface area contributed by atoms with E-state index in [1.54, 1.807) is 29.4 Å². The summed E-state index contributed by atoms with van der Waals surface area (Å²) in [6.45, 7) is 3.40. The van der Waals surface area contributed by atoms with Crippen LogP contribution in [-0.4, -0.2) is 63.0 Å². The van der Waals surface area contributed by atoms with Gasteiger partial charge in [0.2, 0.25) is 5.91 Å². The van der Waals surface area contributed by atoms with E-state index >= 15 is 0 Å². The number of amides is 1. The minimum Gasteiger partial charge on any atom is -0.344 e. The molecule has 2 aliphatic rings. The molecule has 0 aromatic carbocycles. The van der Waals surface area contributed by atoms with Crippen molar-refractivity contribution in [2.75, 3.05) is 26.7 Å². The molecule has 2 fully saturated rings. The lowest BCUT2D eigenvalue weighted by atomic mass is 9.93. The average Bonchev–Trinajstić information content (AvgIpc) is 2.73. The summed E-state index contributed by atoms with van der Waals surface area (Å²) in [6.07, 6.45) is 9.12. The lowest BCUT2D eigenvalue weighted by molar-refractivity contribution is -0.139. The van der Waals surface area contributed by atoms with Crippen LogP contribution in [0.1, 0.15) is 25.7 Å². The van der Waals surface area contributed by atoms with Crippen molar-refractivity contribution in [1.82, 2.24) is 24.3 Å². The van der Waals surface area contributed by atoms with Gasteiger partial charge >= 0.3 is 0 Å². The van der Waals surface area contributed by atoms with Gasteiger partial charge in [-0.1, -0.05) is 0 Å². The van der Waals surface area contributed by atoms with Crippen LogP contribution in [0, 0.1) is 5.92 Å². The molecule has 1 atom stereocenters. The van der Waals surface area contributed by atoms with E-state index in [0.29, 0.717) is 18.2 Å². The van der Waals surface area contributed by atoms with Crippen LogP contribution in [0.3, 0.4) is 0 Å². The Bertz CT molecular complexity index is 874. The monoisotopic (exact) mass is 381 g/mol. The first kappa shape index (κ1) is 18.8. The summed E-state index contributed by atoms with van der Waals surface area (Å²) in [6, 6.07) is 5.37. The fraction of sp³-hybridized carbons (Fsp3) is 0.524. The number of nitrogens with zero attached hydrogens (tertiary/aromatic N) is 5. The first-order chi connectivity index (χ1) is 13.6. The molecule has 0 spiro atoms. The average molecular weight is 381 g/mol. The normalized spacial score (nSPS) is 21.8. The largest absolute Gasteiger partial charge is 0.344 e. The summed E-state index contributed by atoms with van der Waals surface area (Å²) in [4.78, 5) is 37.7. The van der Waals surface area contributed by atoms with Gasteiger partial charge in [-0.2, -0.15) is 0 Å². The van der Waals surface area contributed by atoms with Crippen LogP contribution in [-0.2, 0) is 11.3 Å². The molecule has 2 aromatic heterocycles. The lowest BCUT2D eigenvalue weighted by Crippen LogP contribution is -2.53. The maximum atomic E-state index is 12.5. The number of carbonyl (C=O) groups is 1. The Morgan fingerprint density at radius 1 is 1.14 bits per heavy atom. The first-order valence-corrected chi connectivity index (χ1v) is 10.1. The molecular weight excluding hydrogens is 354 g/mol. The third kappa shape index (κ3) is 3.99. The fourth-order valence-electron chi connectivity index (χ4n) is 4.31. The molecule has 148 valence electrons. The van der Waals surface area contributed by atoms with Crippen molar-refractivity contribution in [2.45, 2.75) is 38.3 Å². The van der Waals surface area contributed by atoms with Crippen LogP contribution in [0.2, 0.25) is 0 Å². The van der Waals surface area contributed by atoms with Crippen molar-refractivity contribution in [1.29, 1.82) is 0 Å². The molecule has 7 nitrogen and oxygen atoms in total. The van der Waals surface area contributed by atoms with Gasteiger partial charge in [0.15, 0.2) is 0 Å². The molecule has 7 heteroatoms. The number of hydrogen-bond acceptors (Lipinski definition) is 5. The van der Waals surface area contributed by atoms with Crippen LogP contribution in [0.25, 0.3) is 11.3 Å². The van der Waals surface area contributed by atoms with E-state index in [-0.39, 0.29) is 17.5 Å². The Hall–Kier alpha value is -2.54. The van der Waals surface area contributed by atoms with Gasteiger partial charge in [0.25, 0.3) is 5.56 Å². The Morgan fingerprint density at radius 2 is 1.96 bits per heavy atom. The van der Waals surface area contributed by atoms with Gasteiger partial charge in [-0.3, -0.25) is 24.0 Å². The summed E-state index contributed by atoms with van der Waals surface area (Å²) in [5, 5.41) is 0. The minimum absolute atomic E-state index is 0.0274. The number of carbonyl (C=O) groups excluding carboxylic acids is 1. The summed E-state index contributed by atoms with van der Waals surface area (Å²) in [7, 11) is 1.90. The molecule has 0 aliphatic carbocycles. The van der Waals surface area contributed by atoms with E-state index in [2.05, 4.69) is 14.9 Å². The van der Waals surface area contributed by atoms with E-state index in [0.717, 1.165) is 50.9 Å². The van der Waals surface area contributed by atoms with Gasteiger partial charge in [-0.25, -0.2) is 4.98 Å². The first-order valence-electron chi connectivity index (χ1n) is 10.1. The minimum atomic E-state index is -0.0274. The highest BCUT2D eigenvalue weighted by molar-refractivity contribution is 5.82. The highest BCUT2D eigenvalue weighted by Gasteiger charge is 2.33. The molecule has 1 unspecified atom stereocenters. The predicted molar refractivity (Wildman–Crippen MR) is 107 cm³/mol. The number of pyridine rings is 1. The maximum Gasteiger partial charge on any atom is 0.253 e. The molecule has 0 N–H and O–H groups in total. The number of piperidine rings is 2. The third-order valence-corrected chi connectivity index (χ3v) is 6.01. The highest BCUT2D eigenvalue weighted by atomic mass is 16.2. The van der Waals surface area contributed by atoms with E-state index < -0.39 is 0 Å². The Kier molecular flexibility index (Phi) is 5.52. The molecule has 2 aliphatic heterocycles. The van der Waals surface area contributed by atoms with Crippen molar-refractivity contribution >= 4 is 5.91 Å². The standard InChI is InChI=1S/C21H27N5O2/c1-24-9-3-5-19(21(24)28)25-10-6-16(7-11-25)14-26-15-23-18(12-20(26)27)17-4-2-8-22-13-17/h2,4,8,12-13,15-16,19H,3,5-7,9-11,14H2,1H3. The van der Waals surface area contributed by atoms with Crippen LogP contribution in [0.15, 0.2) is 41.7 Å². The van der Waals surface area contributed by atoms with Gasteiger partial charge < -0.3 is 4.90 Å². The lowest BCUT2D eigenvalue weighted by Gasteiger charge is -2.40. The fourth-order valence-corrected chi connectivity index (χ4v) is 4.31. The number of rotatable bonds is 4. The van der Waals surface area contributed by atoms with E-state index in [9.17, 15) is 9.59 Å². The number of aromatic nitrogens is 3. The zero-order valence-corrected chi connectivity index (χ0v) is 16.3. The summed E-state index contributed by atoms with van der Waals surface area (Å²) < 4.78 is 1.71. The van der Waals surface area contributed by atoms with Gasteiger partial charge in [0, 0.05) is 44.2 Å². The second-order valence-electron chi connectivity index (χ2n) is 7.90. The number of likely N-dealkylation sites (tertiary alicyclic amines) is 2. The maximum absolute atomic E-state index is 12.5. The van der Waals surface area contributed by atoms with Crippen molar-refractivity contribution in [3.63, 3.8) is 0 Å². The number of hydrogen-bond donors (Lipinski definition) is 0. The molecule has 0 bridgehead atoms. The Labute approximate surface area is 165 Å². The predicted octanol–water partition coefficient (Wildman–Crippen LogP) is 1.64. The van der Waals surface area contributed by atoms with E-state index in [1.807, 2.05) is 24.1 Å². The summed E-state index contributed by atoms with van der Waals surface area (Å²) in [5.74, 6) is 0.701. The molecule has 4 rings (SSSR count). The van der Waals surface area contributed by atoms with Crippen LogP contribution >= 0.6 is 0 Å². The molecule has 2 saturated heterocycles. The molecule has 28 heavy (non-hydrogen) atoms. The van der Waals surface area contributed by atoms with Gasteiger partial charge in [-0.15, -0.1) is 0 Å². The molecular formula is C21H27N5O2. The van der Waals surface area contributed by atoms with Crippen molar-refractivity contribution in [3.05, 3.63) is 47.3 Å². The summed E-state index contributed by atoms with van der Waals surface area (Å²) >= 11 is 0. The summed E-state index contributed by atoms with van der Waals surface area (Å²) in [5.41, 5.74) is 1.48. The molecule has 1 amide bonds. The van der Waals surface area contributed by atoms with Gasteiger partial charge in [0.1, 0.15) is 0 Å². The Morgan fingerprint density at radius 3 is 2.68 bits per heavy atom. The molecule has 2 aromatic rings. The van der Waals surface area contributed by atoms with Crippen molar-refractivity contribution in [3.8, 4) is 11.3 Å². The molecule has 4 heterocycles. The highest BCUT2D eigenvalue weighted by Crippen LogP contribution is 2.24. The topological polar surface area (TPSA) is 71.3 Å². The van der Waals surface area contributed by atoms with Crippen molar-refractivity contribution in [2.24, 2.45) is 5.92 Å². The van der Waals surface area contributed by atoms with Crippen LogP contribution in [0.4, 0.5) is 0 Å². The van der Waals surface area contributed by atoms with Crippen molar-refractivity contribution < 1.29 is 4.79 Å². The quantitative estimate of drug-likeness (QED) is 0.805. The van der Waals surface area contributed by atoms with Crippen LogP contribution < -0.4 is 5.56 Å². The third-order valence-electron chi connectivity index (χ3n) is 6.01. The second-order valence-corrected chi connectivity index (χ2v) is 7.90. The van der Waals surface area contributed by atoms with Gasteiger partial charge in [-0.05, 0) is 56.8 Å². The van der Waals surface area contributed by atoms with E-state index in [1.165, 1.54) is 0 Å². The molecule has 0 radical (unpaired) electrons. The number of likely N-dealkylation sites (N-methyl/N-ethyl adjacent to an activating group) is 1. The zero-order valence-electron chi connectivity index (χ0n) is 16.3. The smallest absolute Gasteiger partial charge is 0.253 e. The van der Waals surface area contributed by atoms with Gasteiger partial charge in [0.05, 0.1) is 18.1 Å². The van der Waals surface area contributed by atoms with Crippen LogP contribution in [0.5, 0.6) is 0 Å².